The van der Waals surface area contributed by atoms with E-state index in [1.807, 2.05) is 20.8 Å². The Morgan fingerprint density at radius 1 is 1.00 bits per heavy atom. The van der Waals surface area contributed by atoms with Crippen LogP contribution in [0.15, 0.2) is 15.3 Å². The summed E-state index contributed by atoms with van der Waals surface area (Å²) in [6.07, 6.45) is 0. The summed E-state index contributed by atoms with van der Waals surface area (Å²) in [6, 6.07) is 1.51. The first-order valence-electron chi connectivity index (χ1n) is 5.16. The Labute approximate surface area is 93.3 Å². The van der Waals surface area contributed by atoms with E-state index in [2.05, 4.69) is 0 Å². The van der Waals surface area contributed by atoms with Crippen LogP contribution in [-0.4, -0.2) is 5.11 Å². The van der Waals surface area contributed by atoms with Crippen molar-refractivity contribution >= 4 is 11.0 Å². The van der Waals surface area contributed by atoms with Crippen molar-refractivity contribution < 1.29 is 9.52 Å². The van der Waals surface area contributed by atoms with Gasteiger partial charge in [0, 0.05) is 17.0 Å². The van der Waals surface area contributed by atoms with Gasteiger partial charge in [0.05, 0.1) is 0 Å². The molecule has 1 aromatic heterocycles. The van der Waals surface area contributed by atoms with E-state index in [9.17, 15) is 9.90 Å². The molecule has 84 valence electrons. The number of aryl methyl sites for hydroxylation is 2. The van der Waals surface area contributed by atoms with E-state index in [0.29, 0.717) is 11.1 Å². The third kappa shape index (κ3) is 1.32. The Bertz CT molecular complexity index is 636. The predicted octanol–water partition coefficient (Wildman–Crippen LogP) is 2.73. The molecule has 0 unspecified atom stereocenters. The molecule has 2 rings (SSSR count). The third-order valence-corrected chi connectivity index (χ3v) is 3.28. The first kappa shape index (κ1) is 10.7. The fraction of sp³-hybridized carbons (Fsp3) is 0.308. The second-order valence-corrected chi connectivity index (χ2v) is 4.16. The van der Waals surface area contributed by atoms with Crippen molar-refractivity contribution in [2.45, 2.75) is 27.7 Å². The molecule has 0 aliphatic carbocycles. The highest BCUT2D eigenvalue weighted by atomic mass is 16.4. The molecule has 0 saturated carbocycles. The Hall–Kier alpha value is -1.77. The summed E-state index contributed by atoms with van der Waals surface area (Å²) >= 11 is 0. The fourth-order valence-electron chi connectivity index (χ4n) is 1.93. The van der Waals surface area contributed by atoms with Crippen LogP contribution in [0.1, 0.15) is 22.3 Å². The van der Waals surface area contributed by atoms with Crippen LogP contribution in [-0.2, 0) is 0 Å². The monoisotopic (exact) mass is 218 g/mol. The summed E-state index contributed by atoms with van der Waals surface area (Å²) in [7, 11) is 0. The molecule has 1 heterocycles. The van der Waals surface area contributed by atoms with Crippen molar-refractivity contribution in [3.63, 3.8) is 0 Å². The number of aromatic hydroxyl groups is 1. The van der Waals surface area contributed by atoms with Crippen LogP contribution >= 0.6 is 0 Å². The Morgan fingerprint density at radius 3 is 2.19 bits per heavy atom. The Kier molecular flexibility index (Phi) is 2.26. The van der Waals surface area contributed by atoms with Gasteiger partial charge in [-0.25, -0.2) is 4.79 Å². The van der Waals surface area contributed by atoms with E-state index in [1.54, 1.807) is 6.92 Å². The zero-order valence-electron chi connectivity index (χ0n) is 9.84. The topological polar surface area (TPSA) is 50.4 Å². The highest BCUT2D eigenvalue weighted by Gasteiger charge is 2.13. The van der Waals surface area contributed by atoms with E-state index in [4.69, 9.17) is 4.42 Å². The molecule has 0 saturated heterocycles. The maximum atomic E-state index is 11.5. The van der Waals surface area contributed by atoms with E-state index >= 15 is 0 Å². The van der Waals surface area contributed by atoms with Gasteiger partial charge in [0.2, 0.25) is 0 Å². The first-order chi connectivity index (χ1) is 7.43. The van der Waals surface area contributed by atoms with Crippen molar-refractivity contribution in [2.24, 2.45) is 0 Å². The molecule has 1 aromatic carbocycles. The van der Waals surface area contributed by atoms with E-state index < -0.39 is 0 Å². The van der Waals surface area contributed by atoms with Gasteiger partial charge in [0.1, 0.15) is 11.3 Å². The minimum Gasteiger partial charge on any atom is -0.508 e. The zero-order chi connectivity index (χ0) is 12.0. The summed E-state index contributed by atoms with van der Waals surface area (Å²) in [5, 5.41) is 10.6. The number of phenolic OH excluding ortho intramolecular Hbond substituents is 1. The Morgan fingerprint density at radius 2 is 1.56 bits per heavy atom. The van der Waals surface area contributed by atoms with Gasteiger partial charge in [-0.05, 0) is 44.4 Å². The average molecular weight is 218 g/mol. The van der Waals surface area contributed by atoms with Crippen LogP contribution in [0.2, 0.25) is 0 Å². The number of fused-ring (bicyclic) bond motifs is 1. The second-order valence-electron chi connectivity index (χ2n) is 4.16. The Balaban J connectivity index is 3.09. The lowest BCUT2D eigenvalue weighted by Gasteiger charge is -2.10. The normalized spacial score (nSPS) is 11.0. The van der Waals surface area contributed by atoms with Gasteiger partial charge >= 0.3 is 5.63 Å². The highest BCUT2D eigenvalue weighted by Crippen LogP contribution is 2.30. The predicted molar refractivity (Wildman–Crippen MR) is 63.1 cm³/mol. The van der Waals surface area contributed by atoms with Gasteiger partial charge in [0.25, 0.3) is 0 Å². The molecular weight excluding hydrogens is 204 g/mol. The molecule has 0 fully saturated rings. The summed E-state index contributed by atoms with van der Waals surface area (Å²) in [5.74, 6) is 0.163. The fourth-order valence-corrected chi connectivity index (χ4v) is 1.93. The smallest absolute Gasteiger partial charge is 0.339 e. The molecule has 0 aliphatic heterocycles. The van der Waals surface area contributed by atoms with Gasteiger partial charge in [-0.2, -0.15) is 0 Å². The number of hydrogen-bond donors (Lipinski definition) is 1. The molecule has 0 aliphatic rings. The third-order valence-electron chi connectivity index (χ3n) is 3.28. The summed E-state index contributed by atoms with van der Waals surface area (Å²) in [4.78, 5) is 11.5. The van der Waals surface area contributed by atoms with E-state index in [0.717, 1.165) is 22.1 Å². The van der Waals surface area contributed by atoms with Crippen LogP contribution in [0.5, 0.6) is 5.75 Å². The van der Waals surface area contributed by atoms with E-state index in [-0.39, 0.29) is 11.4 Å². The van der Waals surface area contributed by atoms with Crippen molar-refractivity contribution in [3.8, 4) is 5.75 Å². The summed E-state index contributed by atoms with van der Waals surface area (Å²) in [6.45, 7) is 7.42. The molecule has 0 atom stereocenters. The van der Waals surface area contributed by atoms with Gasteiger partial charge in [-0.15, -0.1) is 0 Å². The maximum absolute atomic E-state index is 11.5. The molecule has 2 aromatic rings. The maximum Gasteiger partial charge on any atom is 0.339 e. The average Bonchev–Trinajstić information content (AvgIpc) is 2.23. The van der Waals surface area contributed by atoms with Crippen molar-refractivity contribution in [1.29, 1.82) is 0 Å². The first-order valence-corrected chi connectivity index (χ1v) is 5.16. The van der Waals surface area contributed by atoms with E-state index in [1.165, 1.54) is 6.07 Å². The van der Waals surface area contributed by atoms with Crippen LogP contribution < -0.4 is 5.63 Å². The zero-order valence-corrected chi connectivity index (χ0v) is 9.84. The molecule has 3 nitrogen and oxygen atoms in total. The van der Waals surface area contributed by atoms with Crippen LogP contribution in [0.3, 0.4) is 0 Å². The van der Waals surface area contributed by atoms with Crippen LogP contribution in [0.25, 0.3) is 11.0 Å². The summed E-state index contributed by atoms with van der Waals surface area (Å²) < 4.78 is 5.17. The van der Waals surface area contributed by atoms with Crippen LogP contribution in [0.4, 0.5) is 0 Å². The molecule has 0 bridgehead atoms. The minimum absolute atomic E-state index is 0.163. The van der Waals surface area contributed by atoms with Crippen LogP contribution in [0, 0.1) is 27.7 Å². The van der Waals surface area contributed by atoms with Gasteiger partial charge in [-0.1, -0.05) is 0 Å². The molecule has 0 radical (unpaired) electrons. The molecule has 0 spiro atoms. The largest absolute Gasteiger partial charge is 0.508 e. The lowest BCUT2D eigenvalue weighted by atomic mass is 9.98. The number of rotatable bonds is 0. The van der Waals surface area contributed by atoms with Crippen molar-refractivity contribution in [1.82, 2.24) is 0 Å². The highest BCUT2D eigenvalue weighted by molar-refractivity contribution is 5.87. The van der Waals surface area contributed by atoms with Crippen molar-refractivity contribution in [3.05, 3.63) is 38.7 Å². The van der Waals surface area contributed by atoms with Crippen molar-refractivity contribution in [2.75, 3.05) is 0 Å². The molecule has 3 heteroatoms. The number of hydrogen-bond acceptors (Lipinski definition) is 3. The standard InChI is InChI=1S/C13H14O3/c1-6-7(2)12-8(3)9(4)13(15)16-11(12)5-10(6)14/h5,14H,1-4H3. The second kappa shape index (κ2) is 3.37. The molecule has 1 N–H and O–H groups in total. The van der Waals surface area contributed by atoms with Gasteiger partial charge in [-0.3, -0.25) is 0 Å². The SMILES string of the molecule is Cc1c(O)cc2oc(=O)c(C)c(C)c2c1C. The minimum atomic E-state index is -0.340. The molecular formula is C13H14O3. The molecule has 16 heavy (non-hydrogen) atoms. The quantitative estimate of drug-likeness (QED) is 0.692. The number of benzene rings is 1. The van der Waals surface area contributed by atoms with Gasteiger partial charge < -0.3 is 9.52 Å². The molecule has 0 amide bonds. The lowest BCUT2D eigenvalue weighted by Crippen LogP contribution is -2.06. The van der Waals surface area contributed by atoms with Gasteiger partial charge in [0.15, 0.2) is 0 Å². The summed E-state index contributed by atoms with van der Waals surface area (Å²) in [5.41, 5.74) is 3.44. The lowest BCUT2D eigenvalue weighted by molar-refractivity contribution is 0.468. The number of phenols is 1.